The monoisotopic (exact) mass is 508 g/mol. The summed E-state index contributed by atoms with van der Waals surface area (Å²) in [4.78, 5) is 12.3. The number of thioether (sulfide) groups is 1. The lowest BCUT2D eigenvalue weighted by atomic mass is 10.2. The first-order valence-electron chi connectivity index (χ1n) is 9.97. The van der Waals surface area contributed by atoms with E-state index in [1.807, 2.05) is 83.4 Å². The van der Waals surface area contributed by atoms with Crippen molar-refractivity contribution < 1.29 is 9.53 Å². The van der Waals surface area contributed by atoms with Crippen LogP contribution in [0.15, 0.2) is 88.5 Å². The van der Waals surface area contributed by atoms with Crippen molar-refractivity contribution in [2.45, 2.75) is 11.6 Å². The molecule has 0 saturated carbocycles. The first kappa shape index (κ1) is 22.1. The van der Waals surface area contributed by atoms with Crippen molar-refractivity contribution in [3.63, 3.8) is 0 Å². The van der Waals surface area contributed by atoms with Crippen molar-refractivity contribution in [2.24, 2.45) is 0 Å². The zero-order valence-corrected chi connectivity index (χ0v) is 19.8. The highest BCUT2D eigenvalue weighted by atomic mass is 79.9. The Hall–Kier alpha value is -3.10. The Kier molecular flexibility index (Phi) is 7.24. The summed E-state index contributed by atoms with van der Waals surface area (Å²) in [5.41, 5.74) is 2.67. The molecule has 0 atom stereocenters. The molecule has 0 fully saturated rings. The maximum absolute atomic E-state index is 12.3. The van der Waals surface area contributed by atoms with Crippen molar-refractivity contribution in [1.29, 1.82) is 0 Å². The highest BCUT2D eigenvalue weighted by molar-refractivity contribution is 9.10. The number of anilines is 1. The van der Waals surface area contributed by atoms with Gasteiger partial charge in [-0.1, -0.05) is 45.9 Å². The molecule has 3 aromatic carbocycles. The van der Waals surface area contributed by atoms with E-state index in [1.165, 1.54) is 11.8 Å². The van der Waals surface area contributed by atoms with Gasteiger partial charge in [-0.2, -0.15) is 0 Å². The molecular formula is C24H21BrN4O2S. The molecule has 0 bridgehead atoms. The number of hydrogen-bond donors (Lipinski definition) is 1. The smallest absolute Gasteiger partial charge is 0.225 e. The van der Waals surface area contributed by atoms with E-state index < -0.39 is 0 Å². The molecule has 4 aromatic rings. The Morgan fingerprint density at radius 1 is 1.00 bits per heavy atom. The third kappa shape index (κ3) is 5.38. The Labute approximate surface area is 199 Å². The van der Waals surface area contributed by atoms with E-state index in [1.54, 1.807) is 7.11 Å². The predicted molar refractivity (Wildman–Crippen MR) is 131 cm³/mol. The van der Waals surface area contributed by atoms with E-state index in [9.17, 15) is 4.79 Å². The van der Waals surface area contributed by atoms with Crippen LogP contribution in [0.2, 0.25) is 0 Å². The fourth-order valence-corrected chi connectivity index (χ4v) is 4.25. The van der Waals surface area contributed by atoms with Gasteiger partial charge in [0.1, 0.15) is 5.75 Å². The molecule has 4 rings (SSSR count). The molecule has 1 amide bonds. The summed E-state index contributed by atoms with van der Waals surface area (Å²) in [7, 11) is 1.64. The van der Waals surface area contributed by atoms with Gasteiger partial charge in [0, 0.05) is 33.6 Å². The van der Waals surface area contributed by atoms with E-state index in [0.29, 0.717) is 12.2 Å². The van der Waals surface area contributed by atoms with Crippen LogP contribution in [-0.2, 0) is 4.79 Å². The minimum absolute atomic E-state index is 0.0408. The van der Waals surface area contributed by atoms with Gasteiger partial charge < -0.3 is 10.1 Å². The van der Waals surface area contributed by atoms with Crippen LogP contribution in [0.4, 0.5) is 5.69 Å². The lowest BCUT2D eigenvalue weighted by Gasteiger charge is -2.11. The highest BCUT2D eigenvalue weighted by Gasteiger charge is 2.16. The van der Waals surface area contributed by atoms with E-state index in [0.717, 1.165) is 38.1 Å². The first-order chi connectivity index (χ1) is 15.6. The number of amides is 1. The summed E-state index contributed by atoms with van der Waals surface area (Å²) in [6.45, 7) is 0. The Bertz CT molecular complexity index is 1180. The average Bonchev–Trinajstić information content (AvgIpc) is 3.25. The second-order valence-electron chi connectivity index (χ2n) is 6.86. The Balaban J connectivity index is 1.50. The van der Waals surface area contributed by atoms with Gasteiger partial charge in [-0.3, -0.25) is 9.36 Å². The van der Waals surface area contributed by atoms with Crippen LogP contribution in [0.1, 0.15) is 6.42 Å². The van der Waals surface area contributed by atoms with Gasteiger partial charge in [-0.15, -0.1) is 10.2 Å². The summed E-state index contributed by atoms with van der Waals surface area (Å²) in [5.74, 6) is 2.06. The quantitative estimate of drug-likeness (QED) is 0.303. The van der Waals surface area contributed by atoms with Gasteiger partial charge in [-0.25, -0.2) is 0 Å². The third-order valence-corrected chi connectivity index (χ3v) is 6.14. The maximum Gasteiger partial charge on any atom is 0.225 e. The number of methoxy groups -OCH3 is 1. The number of halogens is 1. The van der Waals surface area contributed by atoms with Gasteiger partial charge in [0.05, 0.1) is 7.11 Å². The number of nitrogens with zero attached hydrogens (tertiary/aromatic N) is 3. The zero-order valence-electron chi connectivity index (χ0n) is 17.4. The molecule has 0 aliphatic carbocycles. The molecular weight excluding hydrogens is 488 g/mol. The predicted octanol–water partition coefficient (Wildman–Crippen LogP) is 5.83. The number of hydrogen-bond acceptors (Lipinski definition) is 5. The van der Waals surface area contributed by atoms with Crippen LogP contribution in [-0.4, -0.2) is 33.5 Å². The summed E-state index contributed by atoms with van der Waals surface area (Å²) in [6.07, 6.45) is 0.361. The largest absolute Gasteiger partial charge is 0.497 e. The summed E-state index contributed by atoms with van der Waals surface area (Å²) in [6, 6.07) is 25.2. The number of ether oxygens (including phenoxy) is 1. The van der Waals surface area contributed by atoms with E-state index in [2.05, 4.69) is 31.4 Å². The fraction of sp³-hybridized carbons (Fsp3) is 0.125. The molecule has 1 aromatic heterocycles. The number of benzene rings is 3. The van der Waals surface area contributed by atoms with Gasteiger partial charge in [0.25, 0.3) is 0 Å². The topological polar surface area (TPSA) is 69.0 Å². The molecule has 0 spiro atoms. The average molecular weight is 509 g/mol. The highest BCUT2D eigenvalue weighted by Crippen LogP contribution is 2.29. The maximum atomic E-state index is 12.3. The number of nitrogens with one attached hydrogen (secondary N) is 1. The number of para-hydroxylation sites is 1. The lowest BCUT2D eigenvalue weighted by molar-refractivity contribution is -0.115. The van der Waals surface area contributed by atoms with Crippen molar-refractivity contribution in [2.75, 3.05) is 18.2 Å². The van der Waals surface area contributed by atoms with Crippen LogP contribution in [0.25, 0.3) is 17.1 Å². The second-order valence-corrected chi connectivity index (χ2v) is 8.84. The fourth-order valence-electron chi connectivity index (χ4n) is 3.09. The van der Waals surface area contributed by atoms with Crippen LogP contribution >= 0.6 is 27.7 Å². The van der Waals surface area contributed by atoms with Crippen molar-refractivity contribution in [3.8, 4) is 22.8 Å². The Morgan fingerprint density at radius 2 is 1.72 bits per heavy atom. The first-order valence-corrected chi connectivity index (χ1v) is 11.8. The number of carbonyl (C=O) groups is 1. The summed E-state index contributed by atoms with van der Waals surface area (Å²) in [5, 5.41) is 12.5. The number of aromatic nitrogens is 3. The SMILES string of the molecule is COc1ccc(-c2nnc(SCCC(=O)Nc3ccc(Br)cc3)n2-c2ccccc2)cc1. The minimum Gasteiger partial charge on any atom is -0.497 e. The summed E-state index contributed by atoms with van der Waals surface area (Å²) < 4.78 is 8.25. The van der Waals surface area contributed by atoms with E-state index >= 15 is 0 Å². The molecule has 0 aliphatic rings. The van der Waals surface area contributed by atoms with Crippen molar-refractivity contribution in [1.82, 2.24) is 14.8 Å². The van der Waals surface area contributed by atoms with E-state index in [4.69, 9.17) is 4.74 Å². The van der Waals surface area contributed by atoms with Crippen LogP contribution in [0.5, 0.6) is 5.75 Å². The van der Waals surface area contributed by atoms with Crippen LogP contribution in [0, 0.1) is 0 Å². The second kappa shape index (κ2) is 10.5. The minimum atomic E-state index is -0.0408. The van der Waals surface area contributed by atoms with Gasteiger partial charge >= 0.3 is 0 Å². The van der Waals surface area contributed by atoms with Crippen LogP contribution < -0.4 is 10.1 Å². The molecule has 162 valence electrons. The number of carbonyl (C=O) groups excluding carboxylic acids is 1. The van der Waals surface area contributed by atoms with Gasteiger partial charge in [-0.05, 0) is 60.7 Å². The molecule has 0 saturated heterocycles. The molecule has 32 heavy (non-hydrogen) atoms. The molecule has 0 aliphatic heterocycles. The Morgan fingerprint density at radius 3 is 2.41 bits per heavy atom. The standard InChI is InChI=1S/C24H21BrN4O2S/c1-31-21-13-7-17(8-14-21)23-27-28-24(29(23)20-5-3-2-4-6-20)32-16-15-22(30)26-19-11-9-18(25)10-12-19/h2-14H,15-16H2,1H3,(H,26,30). The molecule has 0 unspecified atom stereocenters. The van der Waals surface area contributed by atoms with Crippen LogP contribution in [0.3, 0.4) is 0 Å². The lowest BCUT2D eigenvalue weighted by Crippen LogP contribution is -2.12. The molecule has 1 N–H and O–H groups in total. The van der Waals surface area contributed by atoms with E-state index in [-0.39, 0.29) is 5.91 Å². The van der Waals surface area contributed by atoms with Gasteiger partial charge in [0.15, 0.2) is 11.0 Å². The summed E-state index contributed by atoms with van der Waals surface area (Å²) >= 11 is 4.90. The normalized spacial score (nSPS) is 10.7. The third-order valence-electron chi connectivity index (χ3n) is 4.68. The van der Waals surface area contributed by atoms with Crippen molar-refractivity contribution in [3.05, 3.63) is 83.3 Å². The molecule has 6 nitrogen and oxygen atoms in total. The molecule has 1 heterocycles. The van der Waals surface area contributed by atoms with Crippen molar-refractivity contribution >= 4 is 39.3 Å². The number of rotatable bonds is 8. The molecule has 0 radical (unpaired) electrons. The molecule has 8 heteroatoms. The van der Waals surface area contributed by atoms with Gasteiger partial charge in [0.2, 0.25) is 5.91 Å². The zero-order chi connectivity index (χ0) is 22.3.